The fourth-order valence-corrected chi connectivity index (χ4v) is 3.09. The lowest BCUT2D eigenvalue weighted by Crippen LogP contribution is -2.05. The van der Waals surface area contributed by atoms with E-state index in [1.165, 1.54) is 22.3 Å². The van der Waals surface area contributed by atoms with Crippen molar-refractivity contribution < 1.29 is 0 Å². The van der Waals surface area contributed by atoms with Gasteiger partial charge in [0, 0.05) is 29.9 Å². The summed E-state index contributed by atoms with van der Waals surface area (Å²) in [4.78, 5) is 4.04. The second-order valence-electron chi connectivity index (χ2n) is 6.52. The molecular formula is C22H27ClN2. The van der Waals surface area contributed by atoms with Gasteiger partial charge in [0.2, 0.25) is 0 Å². The number of hydrogen-bond donors (Lipinski definition) is 0. The van der Waals surface area contributed by atoms with Gasteiger partial charge in [0.25, 0.3) is 0 Å². The van der Waals surface area contributed by atoms with Crippen LogP contribution in [-0.2, 0) is 13.0 Å². The van der Waals surface area contributed by atoms with Gasteiger partial charge in [0.1, 0.15) is 0 Å². The van der Waals surface area contributed by atoms with Crippen LogP contribution in [0.1, 0.15) is 42.0 Å². The molecular weight excluding hydrogens is 328 g/mol. The number of hydrogen-bond acceptors (Lipinski definition) is 1. The van der Waals surface area contributed by atoms with Gasteiger partial charge in [-0.05, 0) is 43.0 Å². The zero-order valence-corrected chi connectivity index (χ0v) is 16.3. The van der Waals surface area contributed by atoms with E-state index < -0.39 is 0 Å². The molecule has 0 spiro atoms. The van der Waals surface area contributed by atoms with E-state index in [0.717, 1.165) is 18.0 Å². The zero-order chi connectivity index (χ0) is 18.2. The van der Waals surface area contributed by atoms with Crippen LogP contribution in [0.3, 0.4) is 0 Å². The SMILES string of the molecule is CCc1ccc(C)cc1.Cc1ccc(C(C)Cn2ccnc2)c(Cl)c1. The van der Waals surface area contributed by atoms with Crippen LogP contribution < -0.4 is 0 Å². The van der Waals surface area contributed by atoms with Gasteiger partial charge >= 0.3 is 0 Å². The molecule has 2 aromatic carbocycles. The summed E-state index contributed by atoms with van der Waals surface area (Å²) in [6.45, 7) is 9.42. The monoisotopic (exact) mass is 354 g/mol. The highest BCUT2D eigenvalue weighted by atomic mass is 35.5. The van der Waals surface area contributed by atoms with Crippen molar-refractivity contribution in [3.63, 3.8) is 0 Å². The van der Waals surface area contributed by atoms with Crippen molar-refractivity contribution in [3.05, 3.63) is 88.5 Å². The van der Waals surface area contributed by atoms with Crippen LogP contribution in [0.2, 0.25) is 5.02 Å². The maximum Gasteiger partial charge on any atom is 0.0946 e. The number of halogens is 1. The molecule has 1 unspecified atom stereocenters. The van der Waals surface area contributed by atoms with Crippen molar-refractivity contribution in [3.8, 4) is 0 Å². The van der Waals surface area contributed by atoms with Crippen LogP contribution in [0.15, 0.2) is 61.2 Å². The minimum absolute atomic E-state index is 0.391. The molecule has 0 aliphatic carbocycles. The third-order valence-corrected chi connectivity index (χ3v) is 4.59. The first-order valence-electron chi connectivity index (χ1n) is 8.77. The van der Waals surface area contributed by atoms with Gasteiger partial charge in [0.05, 0.1) is 6.33 Å². The van der Waals surface area contributed by atoms with Crippen molar-refractivity contribution in [2.45, 2.75) is 46.6 Å². The maximum absolute atomic E-state index is 6.24. The molecule has 25 heavy (non-hydrogen) atoms. The molecule has 0 N–H and O–H groups in total. The second kappa shape index (κ2) is 9.43. The minimum atomic E-state index is 0.391. The molecule has 0 bridgehead atoms. The lowest BCUT2D eigenvalue weighted by atomic mass is 10.00. The molecule has 0 fully saturated rings. The molecule has 1 atom stereocenters. The maximum atomic E-state index is 6.24. The highest BCUT2D eigenvalue weighted by Crippen LogP contribution is 2.26. The van der Waals surface area contributed by atoms with E-state index in [0.29, 0.717) is 5.92 Å². The lowest BCUT2D eigenvalue weighted by molar-refractivity contribution is 0.597. The van der Waals surface area contributed by atoms with Gasteiger partial charge in [0.15, 0.2) is 0 Å². The summed E-state index contributed by atoms with van der Waals surface area (Å²) < 4.78 is 2.07. The quantitative estimate of drug-likeness (QED) is 0.544. The van der Waals surface area contributed by atoms with E-state index >= 15 is 0 Å². The Labute approximate surface area is 156 Å². The van der Waals surface area contributed by atoms with Gasteiger partial charge in [-0.15, -0.1) is 0 Å². The van der Waals surface area contributed by atoms with Gasteiger partial charge in [-0.1, -0.05) is 67.4 Å². The number of imidazole rings is 1. The van der Waals surface area contributed by atoms with Gasteiger partial charge in [-0.25, -0.2) is 4.98 Å². The molecule has 1 aromatic heterocycles. The van der Waals surface area contributed by atoms with E-state index in [9.17, 15) is 0 Å². The highest BCUT2D eigenvalue weighted by molar-refractivity contribution is 6.31. The molecule has 0 aliphatic heterocycles. The van der Waals surface area contributed by atoms with Gasteiger partial charge in [-0.3, -0.25) is 0 Å². The molecule has 0 amide bonds. The molecule has 2 nitrogen and oxygen atoms in total. The second-order valence-corrected chi connectivity index (χ2v) is 6.93. The molecule has 1 heterocycles. The fourth-order valence-electron chi connectivity index (χ4n) is 2.66. The lowest BCUT2D eigenvalue weighted by Gasteiger charge is -2.14. The molecule has 0 radical (unpaired) electrons. The highest BCUT2D eigenvalue weighted by Gasteiger charge is 2.10. The minimum Gasteiger partial charge on any atom is -0.337 e. The normalized spacial score (nSPS) is 11.6. The Morgan fingerprint density at radius 3 is 2.28 bits per heavy atom. The molecule has 3 rings (SSSR count). The largest absolute Gasteiger partial charge is 0.337 e. The predicted octanol–water partition coefficient (Wildman–Crippen LogP) is 6.21. The molecule has 3 aromatic rings. The smallest absolute Gasteiger partial charge is 0.0946 e. The van der Waals surface area contributed by atoms with Crippen LogP contribution in [0, 0.1) is 13.8 Å². The van der Waals surface area contributed by atoms with Crippen LogP contribution in [0.4, 0.5) is 0 Å². The number of nitrogens with zero attached hydrogens (tertiary/aromatic N) is 2. The van der Waals surface area contributed by atoms with Gasteiger partial charge < -0.3 is 4.57 Å². The van der Waals surface area contributed by atoms with E-state index in [-0.39, 0.29) is 0 Å². The number of benzene rings is 2. The third kappa shape index (κ3) is 6.06. The molecule has 0 saturated carbocycles. The fraction of sp³-hybridized carbons (Fsp3) is 0.318. The summed E-state index contributed by atoms with van der Waals surface area (Å²) in [6, 6.07) is 14.9. The van der Waals surface area contributed by atoms with Gasteiger partial charge in [-0.2, -0.15) is 0 Å². The summed E-state index contributed by atoms with van der Waals surface area (Å²) in [5.41, 5.74) is 5.15. The predicted molar refractivity (Wildman–Crippen MR) is 107 cm³/mol. The van der Waals surface area contributed by atoms with Crippen LogP contribution >= 0.6 is 11.6 Å². The first-order valence-corrected chi connectivity index (χ1v) is 9.14. The van der Waals surface area contributed by atoms with E-state index in [4.69, 9.17) is 11.6 Å². The van der Waals surface area contributed by atoms with E-state index in [2.05, 4.69) is 73.6 Å². The molecule has 0 saturated heterocycles. The summed E-state index contributed by atoms with van der Waals surface area (Å²) >= 11 is 6.24. The Balaban J connectivity index is 0.000000212. The Morgan fingerprint density at radius 2 is 1.72 bits per heavy atom. The van der Waals surface area contributed by atoms with E-state index in [1.54, 1.807) is 6.20 Å². The topological polar surface area (TPSA) is 17.8 Å². The first kappa shape index (κ1) is 19.3. The van der Waals surface area contributed by atoms with E-state index in [1.807, 2.05) is 18.6 Å². The number of aryl methyl sites for hydroxylation is 3. The standard InChI is InChI=1S/C13H15ClN2.C9H12/c1-10-3-4-12(13(14)7-10)11(2)8-16-6-5-15-9-16;1-3-9-6-4-8(2)5-7-9/h3-7,9,11H,8H2,1-2H3;4-7H,3H2,1-2H3. The average Bonchev–Trinajstić information content (AvgIpc) is 3.09. The van der Waals surface area contributed by atoms with Crippen LogP contribution in [0.25, 0.3) is 0 Å². The number of aromatic nitrogens is 2. The zero-order valence-electron chi connectivity index (χ0n) is 15.5. The Bertz CT molecular complexity index is 761. The third-order valence-electron chi connectivity index (χ3n) is 4.26. The van der Waals surface area contributed by atoms with Crippen molar-refractivity contribution in [2.75, 3.05) is 0 Å². The number of rotatable bonds is 4. The Morgan fingerprint density at radius 1 is 1.04 bits per heavy atom. The molecule has 0 aliphatic rings. The molecule has 3 heteroatoms. The summed E-state index contributed by atoms with van der Waals surface area (Å²) in [6.07, 6.45) is 6.74. The van der Waals surface area contributed by atoms with Crippen molar-refractivity contribution in [2.24, 2.45) is 0 Å². The Kier molecular flexibility index (Phi) is 7.27. The Hall–Kier alpha value is -2.06. The van der Waals surface area contributed by atoms with Crippen molar-refractivity contribution >= 4 is 11.6 Å². The van der Waals surface area contributed by atoms with Crippen LogP contribution in [0.5, 0.6) is 0 Å². The molecule has 132 valence electrons. The first-order chi connectivity index (χ1) is 12.0. The van der Waals surface area contributed by atoms with Crippen molar-refractivity contribution in [1.29, 1.82) is 0 Å². The van der Waals surface area contributed by atoms with Crippen LogP contribution in [-0.4, -0.2) is 9.55 Å². The van der Waals surface area contributed by atoms with Crippen molar-refractivity contribution in [1.82, 2.24) is 9.55 Å². The summed E-state index contributed by atoms with van der Waals surface area (Å²) in [5.74, 6) is 0.391. The summed E-state index contributed by atoms with van der Waals surface area (Å²) in [7, 11) is 0. The summed E-state index contributed by atoms with van der Waals surface area (Å²) in [5, 5.41) is 0.854. The average molecular weight is 355 g/mol.